The lowest BCUT2D eigenvalue weighted by molar-refractivity contribution is 0.0600. The van der Waals surface area contributed by atoms with Crippen molar-refractivity contribution in [3.8, 4) is 6.07 Å². The van der Waals surface area contributed by atoms with Gasteiger partial charge >= 0.3 is 5.97 Å². The number of alkyl halides is 1. The largest absolute Gasteiger partial charge is 0.465 e. The molecule has 0 saturated heterocycles. The van der Waals surface area contributed by atoms with Crippen molar-refractivity contribution >= 4 is 30.2 Å². The third-order valence-electron chi connectivity index (χ3n) is 1.87. The van der Waals surface area contributed by atoms with Crippen LogP contribution in [0.15, 0.2) is 17.0 Å². The quantitative estimate of drug-likeness (QED) is 0.491. The number of thiol groups is 1. The number of rotatable bonds is 2. The molecule has 0 aliphatic heterocycles. The fourth-order valence-electron chi connectivity index (χ4n) is 1.12. The van der Waals surface area contributed by atoms with Gasteiger partial charge in [-0.1, -0.05) is 0 Å². The Hall–Kier alpha value is -1.18. The van der Waals surface area contributed by atoms with E-state index in [2.05, 4.69) is 17.4 Å². The van der Waals surface area contributed by atoms with Gasteiger partial charge in [-0.3, -0.25) is 0 Å². The molecule has 1 rings (SSSR count). The van der Waals surface area contributed by atoms with Gasteiger partial charge in [0.2, 0.25) is 0 Å². The molecule has 1 aromatic carbocycles. The summed E-state index contributed by atoms with van der Waals surface area (Å²) in [6.45, 7) is 0. The summed E-state index contributed by atoms with van der Waals surface area (Å²) >= 11 is 9.83. The second-order valence-electron chi connectivity index (χ2n) is 2.77. The molecule has 0 spiro atoms. The Bertz CT molecular complexity index is 440. The Morgan fingerprint density at radius 1 is 1.67 bits per heavy atom. The first-order chi connectivity index (χ1) is 7.13. The Kier molecular flexibility index (Phi) is 4.01. The van der Waals surface area contributed by atoms with Gasteiger partial charge in [-0.2, -0.15) is 5.26 Å². The number of hydrogen-bond acceptors (Lipinski definition) is 4. The number of halogens is 1. The van der Waals surface area contributed by atoms with Crippen LogP contribution in [-0.2, 0) is 10.6 Å². The molecule has 15 heavy (non-hydrogen) atoms. The molecular weight excluding hydrogens is 234 g/mol. The van der Waals surface area contributed by atoms with E-state index in [1.54, 1.807) is 6.07 Å². The number of esters is 1. The number of ether oxygens (including phenoxy) is 1. The molecule has 0 aliphatic carbocycles. The third-order valence-corrected chi connectivity index (χ3v) is 2.69. The second kappa shape index (κ2) is 5.06. The Morgan fingerprint density at radius 3 is 2.80 bits per heavy atom. The summed E-state index contributed by atoms with van der Waals surface area (Å²) in [6.07, 6.45) is 0. The summed E-state index contributed by atoms with van der Waals surface area (Å²) < 4.78 is 4.56. The lowest BCUT2D eigenvalue weighted by Gasteiger charge is -2.06. The normalized spacial score (nSPS) is 9.47. The maximum absolute atomic E-state index is 11.3. The van der Waals surface area contributed by atoms with Gasteiger partial charge in [0.15, 0.2) is 0 Å². The number of methoxy groups -OCH3 is 1. The summed E-state index contributed by atoms with van der Waals surface area (Å²) in [5, 5.41) is 8.82. The van der Waals surface area contributed by atoms with Crippen LogP contribution >= 0.6 is 24.2 Å². The van der Waals surface area contributed by atoms with Gasteiger partial charge in [-0.05, 0) is 17.7 Å². The van der Waals surface area contributed by atoms with E-state index in [0.717, 1.165) is 0 Å². The molecule has 0 aromatic heterocycles. The van der Waals surface area contributed by atoms with Gasteiger partial charge in [0.25, 0.3) is 0 Å². The van der Waals surface area contributed by atoms with Crippen molar-refractivity contribution in [3.63, 3.8) is 0 Å². The van der Waals surface area contributed by atoms with E-state index in [1.807, 2.05) is 6.07 Å². The summed E-state index contributed by atoms with van der Waals surface area (Å²) in [5.74, 6) is -0.301. The molecule has 0 atom stereocenters. The molecular formula is C10H8ClNO2S. The predicted molar refractivity (Wildman–Crippen MR) is 59.3 cm³/mol. The molecule has 0 heterocycles. The van der Waals surface area contributed by atoms with Crippen molar-refractivity contribution < 1.29 is 9.53 Å². The summed E-state index contributed by atoms with van der Waals surface area (Å²) in [4.78, 5) is 11.8. The predicted octanol–water partition coefficient (Wildman–Crippen LogP) is 2.37. The highest BCUT2D eigenvalue weighted by atomic mass is 35.5. The molecule has 0 radical (unpaired) electrons. The Balaban J connectivity index is 3.34. The van der Waals surface area contributed by atoms with Crippen molar-refractivity contribution in [2.24, 2.45) is 0 Å². The van der Waals surface area contributed by atoms with E-state index in [0.29, 0.717) is 21.6 Å². The first-order valence-corrected chi connectivity index (χ1v) is 5.02. The number of carbonyl (C=O) groups excluding carboxylic acids is 1. The minimum Gasteiger partial charge on any atom is -0.465 e. The molecule has 3 nitrogen and oxygen atoms in total. The van der Waals surface area contributed by atoms with Crippen LogP contribution in [0.4, 0.5) is 0 Å². The highest BCUT2D eigenvalue weighted by molar-refractivity contribution is 7.80. The average Bonchev–Trinajstić information content (AvgIpc) is 2.28. The monoisotopic (exact) mass is 241 g/mol. The van der Waals surface area contributed by atoms with Crippen molar-refractivity contribution in [2.75, 3.05) is 7.11 Å². The van der Waals surface area contributed by atoms with Crippen molar-refractivity contribution in [3.05, 3.63) is 28.8 Å². The lowest BCUT2D eigenvalue weighted by atomic mass is 10.1. The number of benzene rings is 1. The topological polar surface area (TPSA) is 50.1 Å². The van der Waals surface area contributed by atoms with E-state index in [9.17, 15) is 4.79 Å². The Labute approximate surface area is 98.0 Å². The van der Waals surface area contributed by atoms with Crippen LogP contribution < -0.4 is 0 Å². The zero-order chi connectivity index (χ0) is 11.4. The van der Waals surface area contributed by atoms with E-state index in [-0.39, 0.29) is 5.88 Å². The second-order valence-corrected chi connectivity index (χ2v) is 3.48. The fraction of sp³-hybridized carbons (Fsp3) is 0.200. The number of carbonyl (C=O) groups is 1. The molecule has 0 N–H and O–H groups in total. The van der Waals surface area contributed by atoms with Crippen molar-refractivity contribution in [2.45, 2.75) is 10.8 Å². The van der Waals surface area contributed by atoms with Crippen LogP contribution in [0.5, 0.6) is 0 Å². The molecule has 5 heteroatoms. The smallest absolute Gasteiger partial charge is 0.337 e. The van der Waals surface area contributed by atoms with Gasteiger partial charge in [0, 0.05) is 10.8 Å². The van der Waals surface area contributed by atoms with Crippen LogP contribution in [-0.4, -0.2) is 13.1 Å². The minimum absolute atomic E-state index is 0.193. The van der Waals surface area contributed by atoms with Gasteiger partial charge in [0.05, 0.1) is 18.2 Å². The number of nitriles is 1. The van der Waals surface area contributed by atoms with E-state index in [4.69, 9.17) is 16.9 Å². The van der Waals surface area contributed by atoms with Gasteiger partial charge in [-0.25, -0.2) is 4.79 Å². The zero-order valence-electron chi connectivity index (χ0n) is 7.95. The van der Waals surface area contributed by atoms with E-state index in [1.165, 1.54) is 13.2 Å². The first-order valence-electron chi connectivity index (χ1n) is 4.04. The number of nitrogens with zero attached hydrogens (tertiary/aromatic N) is 1. The van der Waals surface area contributed by atoms with Gasteiger partial charge in [0.1, 0.15) is 6.07 Å². The molecule has 0 unspecified atom stereocenters. The SMILES string of the molecule is COC(=O)c1cc(C#N)c(S)c(CCl)c1. The van der Waals surface area contributed by atoms with Gasteiger partial charge < -0.3 is 4.74 Å². The van der Waals surface area contributed by atoms with Crippen molar-refractivity contribution in [1.82, 2.24) is 0 Å². The molecule has 0 bridgehead atoms. The molecule has 0 amide bonds. The summed E-state index contributed by atoms with van der Waals surface area (Å²) in [6, 6.07) is 4.95. The van der Waals surface area contributed by atoms with Crippen molar-refractivity contribution in [1.29, 1.82) is 5.26 Å². The standard InChI is InChI=1S/C10H8ClNO2S/c1-14-10(13)6-2-7(4-11)9(15)8(3-6)5-12/h2-3,15H,4H2,1H3. The molecule has 0 aliphatic rings. The Morgan fingerprint density at radius 2 is 2.33 bits per heavy atom. The third kappa shape index (κ3) is 2.44. The average molecular weight is 242 g/mol. The lowest BCUT2D eigenvalue weighted by Crippen LogP contribution is -2.03. The maximum atomic E-state index is 11.3. The summed E-state index contributed by atoms with van der Waals surface area (Å²) in [7, 11) is 1.28. The highest BCUT2D eigenvalue weighted by Crippen LogP contribution is 2.23. The van der Waals surface area contributed by atoms with Crippen LogP contribution in [0.1, 0.15) is 21.5 Å². The molecule has 0 saturated carbocycles. The highest BCUT2D eigenvalue weighted by Gasteiger charge is 2.12. The number of hydrogen-bond donors (Lipinski definition) is 1. The molecule has 1 aromatic rings. The molecule has 78 valence electrons. The fourth-order valence-corrected chi connectivity index (χ4v) is 1.68. The van der Waals surface area contributed by atoms with Crippen LogP contribution in [0, 0.1) is 11.3 Å². The van der Waals surface area contributed by atoms with E-state index >= 15 is 0 Å². The molecule has 0 fully saturated rings. The minimum atomic E-state index is -0.494. The maximum Gasteiger partial charge on any atom is 0.337 e. The van der Waals surface area contributed by atoms with Crippen LogP contribution in [0.25, 0.3) is 0 Å². The van der Waals surface area contributed by atoms with Gasteiger partial charge in [-0.15, -0.1) is 24.2 Å². The first kappa shape index (κ1) is 11.9. The van der Waals surface area contributed by atoms with Crippen LogP contribution in [0.3, 0.4) is 0 Å². The summed E-state index contributed by atoms with van der Waals surface area (Å²) in [5.41, 5.74) is 1.26. The zero-order valence-corrected chi connectivity index (χ0v) is 9.60. The van der Waals surface area contributed by atoms with Crippen LogP contribution in [0.2, 0.25) is 0 Å². The van der Waals surface area contributed by atoms with E-state index < -0.39 is 5.97 Å².